The topological polar surface area (TPSA) is 78.4 Å². The number of carbonyl (C=O) groups excluding carboxylic acids is 1. The second-order valence-electron chi connectivity index (χ2n) is 6.70. The van der Waals surface area contributed by atoms with Gasteiger partial charge in [0.2, 0.25) is 0 Å². The molecule has 2 saturated carbocycles. The summed E-state index contributed by atoms with van der Waals surface area (Å²) < 4.78 is 0. The zero-order valence-corrected chi connectivity index (χ0v) is 12.8. The molecule has 3 N–H and O–H groups in total. The van der Waals surface area contributed by atoms with Crippen LogP contribution >= 0.6 is 0 Å². The van der Waals surface area contributed by atoms with Gasteiger partial charge in [0.1, 0.15) is 0 Å². The van der Waals surface area contributed by atoms with Crippen molar-refractivity contribution in [3.8, 4) is 0 Å². The number of carboxylic acids is 1. The molecule has 0 aromatic rings. The summed E-state index contributed by atoms with van der Waals surface area (Å²) in [5.74, 6) is -0.830. The molecule has 0 unspecified atom stereocenters. The number of hydrogen-bond acceptors (Lipinski definition) is 2. The molecule has 0 atom stereocenters. The molecule has 0 heterocycles. The van der Waals surface area contributed by atoms with Gasteiger partial charge in [0.25, 0.3) is 0 Å². The van der Waals surface area contributed by atoms with E-state index in [-0.39, 0.29) is 18.5 Å². The van der Waals surface area contributed by atoms with Crippen LogP contribution in [0.2, 0.25) is 0 Å². The molecule has 5 nitrogen and oxygen atoms in total. The first-order valence-electron chi connectivity index (χ1n) is 8.40. The van der Waals surface area contributed by atoms with E-state index in [9.17, 15) is 9.59 Å². The summed E-state index contributed by atoms with van der Waals surface area (Å²) in [6.45, 7) is 0. The van der Waals surface area contributed by atoms with E-state index in [1.807, 2.05) is 0 Å². The van der Waals surface area contributed by atoms with Gasteiger partial charge in [-0.15, -0.1) is 0 Å². The van der Waals surface area contributed by atoms with Crippen LogP contribution in [0.25, 0.3) is 0 Å². The lowest BCUT2D eigenvalue weighted by Crippen LogP contribution is -2.53. The average Bonchev–Trinajstić information content (AvgIpc) is 2.79. The first kappa shape index (κ1) is 16.1. The third-order valence-corrected chi connectivity index (χ3v) is 4.87. The van der Waals surface area contributed by atoms with Crippen LogP contribution in [0, 0.1) is 0 Å². The Morgan fingerprint density at radius 3 is 2.10 bits per heavy atom. The van der Waals surface area contributed by atoms with E-state index in [1.54, 1.807) is 0 Å². The molecule has 0 bridgehead atoms. The predicted octanol–water partition coefficient (Wildman–Crippen LogP) is 3.19. The number of aliphatic carboxylic acids is 1. The molecule has 0 spiro atoms. The van der Waals surface area contributed by atoms with Gasteiger partial charge in [-0.1, -0.05) is 44.9 Å². The largest absolute Gasteiger partial charge is 0.481 e. The first-order chi connectivity index (χ1) is 10.1. The Kier molecular flexibility index (Phi) is 5.88. The molecule has 0 saturated heterocycles. The minimum absolute atomic E-state index is 0.0328. The van der Waals surface area contributed by atoms with E-state index in [0.717, 1.165) is 38.5 Å². The smallest absolute Gasteiger partial charge is 0.315 e. The molecule has 21 heavy (non-hydrogen) atoms. The molecule has 0 radical (unpaired) electrons. The zero-order valence-electron chi connectivity index (χ0n) is 12.8. The minimum atomic E-state index is -0.830. The fourth-order valence-corrected chi connectivity index (χ4v) is 3.75. The van der Waals surface area contributed by atoms with Crippen molar-refractivity contribution in [3.63, 3.8) is 0 Å². The highest BCUT2D eigenvalue weighted by Gasteiger charge is 2.37. The van der Waals surface area contributed by atoms with E-state index in [4.69, 9.17) is 5.11 Å². The van der Waals surface area contributed by atoms with Crippen LogP contribution in [0.5, 0.6) is 0 Å². The molecular formula is C16H28N2O3. The Balaban J connectivity index is 1.85. The number of hydrogen-bond donors (Lipinski definition) is 3. The molecule has 2 fully saturated rings. The third-order valence-electron chi connectivity index (χ3n) is 4.87. The van der Waals surface area contributed by atoms with Crippen molar-refractivity contribution in [1.29, 1.82) is 0 Å². The van der Waals surface area contributed by atoms with Crippen LogP contribution in [0.4, 0.5) is 4.79 Å². The number of nitrogens with one attached hydrogen (secondary N) is 2. The highest BCUT2D eigenvalue weighted by atomic mass is 16.4. The Morgan fingerprint density at radius 2 is 1.52 bits per heavy atom. The van der Waals surface area contributed by atoms with E-state index >= 15 is 0 Å². The molecule has 2 amide bonds. The standard InChI is InChI=1S/C16H28N2O3/c19-14(20)12-16(10-6-7-11-16)18-15(21)17-13-8-4-2-1-3-5-9-13/h13H,1-12H2,(H,19,20)(H2,17,18,21). The van der Waals surface area contributed by atoms with Gasteiger partial charge in [0.05, 0.1) is 12.0 Å². The summed E-state index contributed by atoms with van der Waals surface area (Å²) in [7, 11) is 0. The third kappa shape index (κ3) is 5.21. The maximum absolute atomic E-state index is 12.2. The molecule has 5 heteroatoms. The molecule has 2 aliphatic rings. The molecule has 120 valence electrons. The van der Waals surface area contributed by atoms with Crippen molar-refractivity contribution in [1.82, 2.24) is 10.6 Å². The number of urea groups is 1. The van der Waals surface area contributed by atoms with Crippen molar-refractivity contribution in [2.45, 2.75) is 88.6 Å². The zero-order chi connectivity index (χ0) is 15.1. The SMILES string of the molecule is O=C(O)CC1(NC(=O)NC2CCCCCCC2)CCCC1. The Labute approximate surface area is 126 Å². The maximum atomic E-state index is 12.2. The van der Waals surface area contributed by atoms with E-state index in [1.165, 1.54) is 32.1 Å². The average molecular weight is 296 g/mol. The summed E-state index contributed by atoms with van der Waals surface area (Å²) in [5.41, 5.74) is -0.530. The number of rotatable bonds is 4. The molecular weight excluding hydrogens is 268 g/mol. The second-order valence-corrected chi connectivity index (χ2v) is 6.70. The maximum Gasteiger partial charge on any atom is 0.315 e. The lowest BCUT2D eigenvalue weighted by atomic mass is 9.93. The molecule has 0 aromatic heterocycles. The number of carboxylic acid groups (broad SMARTS) is 1. The number of amides is 2. The van der Waals surface area contributed by atoms with Crippen LogP contribution in [0.3, 0.4) is 0 Å². The van der Waals surface area contributed by atoms with E-state index in [2.05, 4.69) is 10.6 Å². The summed E-state index contributed by atoms with van der Waals surface area (Å²) in [4.78, 5) is 23.3. The van der Waals surface area contributed by atoms with Gasteiger partial charge in [-0.3, -0.25) is 4.79 Å². The van der Waals surface area contributed by atoms with Gasteiger partial charge >= 0.3 is 12.0 Å². The van der Waals surface area contributed by atoms with Crippen LogP contribution in [0.1, 0.15) is 77.0 Å². The van der Waals surface area contributed by atoms with Crippen LogP contribution in [0.15, 0.2) is 0 Å². The quantitative estimate of drug-likeness (QED) is 0.745. The molecule has 0 aromatic carbocycles. The fraction of sp³-hybridized carbons (Fsp3) is 0.875. The van der Waals surface area contributed by atoms with Crippen molar-refractivity contribution in [2.75, 3.05) is 0 Å². The number of carbonyl (C=O) groups is 2. The first-order valence-corrected chi connectivity index (χ1v) is 8.40. The van der Waals surface area contributed by atoms with Gasteiger partial charge in [-0.25, -0.2) is 4.79 Å². The van der Waals surface area contributed by atoms with Crippen LogP contribution in [-0.2, 0) is 4.79 Å². The monoisotopic (exact) mass is 296 g/mol. The van der Waals surface area contributed by atoms with Crippen LogP contribution < -0.4 is 10.6 Å². The van der Waals surface area contributed by atoms with Gasteiger partial charge in [-0.05, 0) is 25.7 Å². The summed E-state index contributed by atoms with van der Waals surface area (Å²) in [5, 5.41) is 15.1. The van der Waals surface area contributed by atoms with Crippen molar-refractivity contribution < 1.29 is 14.7 Å². The Hall–Kier alpha value is -1.26. The Morgan fingerprint density at radius 1 is 0.952 bits per heavy atom. The lowest BCUT2D eigenvalue weighted by molar-refractivity contribution is -0.138. The van der Waals surface area contributed by atoms with E-state index < -0.39 is 11.5 Å². The van der Waals surface area contributed by atoms with Gasteiger partial charge in [-0.2, -0.15) is 0 Å². The summed E-state index contributed by atoms with van der Waals surface area (Å²) >= 11 is 0. The highest BCUT2D eigenvalue weighted by molar-refractivity contribution is 5.77. The molecule has 2 rings (SSSR count). The van der Waals surface area contributed by atoms with Gasteiger partial charge < -0.3 is 15.7 Å². The fourth-order valence-electron chi connectivity index (χ4n) is 3.75. The normalized spacial score (nSPS) is 23.0. The summed E-state index contributed by atoms with van der Waals surface area (Å²) in [6.07, 6.45) is 11.8. The van der Waals surface area contributed by atoms with Gasteiger partial charge in [0.15, 0.2) is 0 Å². The summed E-state index contributed by atoms with van der Waals surface area (Å²) in [6, 6.07) is 0.0669. The van der Waals surface area contributed by atoms with Crippen molar-refractivity contribution in [2.24, 2.45) is 0 Å². The lowest BCUT2D eigenvalue weighted by Gasteiger charge is -2.30. The Bertz CT molecular complexity index is 357. The van der Waals surface area contributed by atoms with E-state index in [0.29, 0.717) is 0 Å². The highest BCUT2D eigenvalue weighted by Crippen LogP contribution is 2.32. The van der Waals surface area contributed by atoms with Gasteiger partial charge in [0, 0.05) is 6.04 Å². The van der Waals surface area contributed by atoms with Crippen LogP contribution in [-0.4, -0.2) is 28.7 Å². The van der Waals surface area contributed by atoms with Crippen molar-refractivity contribution >= 4 is 12.0 Å². The predicted molar refractivity (Wildman–Crippen MR) is 81.2 cm³/mol. The second kappa shape index (κ2) is 7.66. The molecule has 0 aliphatic heterocycles. The molecule has 2 aliphatic carbocycles. The van der Waals surface area contributed by atoms with Crippen molar-refractivity contribution in [3.05, 3.63) is 0 Å². The minimum Gasteiger partial charge on any atom is -0.481 e.